The molecule has 2 heterocycles. The third-order valence-electron chi connectivity index (χ3n) is 3.32. The number of ether oxygens (including phenoxy) is 1. The summed E-state index contributed by atoms with van der Waals surface area (Å²) in [4.78, 5) is 18.2. The summed E-state index contributed by atoms with van der Waals surface area (Å²) in [6.45, 7) is 6.37. The fourth-order valence-corrected chi connectivity index (χ4v) is 2.16. The van der Waals surface area contributed by atoms with E-state index in [0.717, 1.165) is 6.20 Å². The molecule has 0 radical (unpaired) electrons. The Morgan fingerprint density at radius 1 is 1.39 bits per heavy atom. The van der Waals surface area contributed by atoms with Crippen molar-refractivity contribution >= 4 is 5.78 Å². The van der Waals surface area contributed by atoms with E-state index < -0.39 is 11.4 Å². The van der Waals surface area contributed by atoms with Crippen LogP contribution in [0, 0.1) is 5.82 Å². The minimum Gasteiger partial charge on any atom is -0.379 e. The zero-order valence-electron chi connectivity index (χ0n) is 10.6. The number of nitrogens with zero attached hydrogens (tertiary/aromatic N) is 2. The van der Waals surface area contributed by atoms with E-state index in [1.54, 1.807) is 0 Å². The molecule has 2 rings (SSSR count). The van der Waals surface area contributed by atoms with Crippen molar-refractivity contribution in [2.24, 2.45) is 0 Å². The van der Waals surface area contributed by atoms with Gasteiger partial charge in [-0.3, -0.25) is 14.7 Å². The van der Waals surface area contributed by atoms with Crippen LogP contribution in [-0.4, -0.2) is 47.5 Å². The van der Waals surface area contributed by atoms with Gasteiger partial charge >= 0.3 is 0 Å². The first-order valence-electron chi connectivity index (χ1n) is 6.00. The molecule has 0 saturated carbocycles. The van der Waals surface area contributed by atoms with E-state index in [0.29, 0.717) is 31.9 Å². The van der Waals surface area contributed by atoms with Crippen LogP contribution in [0.2, 0.25) is 0 Å². The fraction of sp³-hybridized carbons (Fsp3) is 0.538. The van der Waals surface area contributed by atoms with Crippen LogP contribution in [0.25, 0.3) is 0 Å². The maximum Gasteiger partial charge on any atom is 0.184 e. The first-order valence-corrected chi connectivity index (χ1v) is 6.00. The number of carbonyl (C=O) groups is 1. The molecule has 0 spiro atoms. The van der Waals surface area contributed by atoms with Crippen molar-refractivity contribution in [1.29, 1.82) is 0 Å². The number of hydrogen-bond donors (Lipinski definition) is 0. The first kappa shape index (κ1) is 13.1. The first-order chi connectivity index (χ1) is 8.51. The van der Waals surface area contributed by atoms with Crippen LogP contribution in [0.3, 0.4) is 0 Å². The lowest BCUT2D eigenvalue weighted by molar-refractivity contribution is -0.00432. The molecule has 4 nitrogen and oxygen atoms in total. The Balaban J connectivity index is 2.20. The van der Waals surface area contributed by atoms with Crippen LogP contribution in [-0.2, 0) is 4.74 Å². The Bertz CT molecular complexity index is 442. The molecule has 0 aromatic carbocycles. The summed E-state index contributed by atoms with van der Waals surface area (Å²) in [6.07, 6.45) is 2.51. The number of ketones is 1. The second kappa shape index (κ2) is 5.12. The molecule has 0 unspecified atom stereocenters. The molecule has 0 aliphatic carbocycles. The fourth-order valence-electron chi connectivity index (χ4n) is 2.16. The van der Waals surface area contributed by atoms with Crippen LogP contribution in [0.1, 0.15) is 24.2 Å². The lowest BCUT2D eigenvalue weighted by Crippen LogP contribution is -2.54. The predicted molar refractivity (Wildman–Crippen MR) is 65.0 cm³/mol. The summed E-state index contributed by atoms with van der Waals surface area (Å²) in [5.41, 5.74) is -0.356. The zero-order chi connectivity index (χ0) is 13.2. The molecular weight excluding hydrogens is 235 g/mol. The molecule has 18 heavy (non-hydrogen) atoms. The topological polar surface area (TPSA) is 42.4 Å². The number of halogens is 1. The number of carbonyl (C=O) groups excluding carboxylic acids is 1. The Hall–Kier alpha value is -1.33. The van der Waals surface area contributed by atoms with E-state index in [1.165, 1.54) is 12.3 Å². The summed E-state index contributed by atoms with van der Waals surface area (Å²) in [5.74, 6) is -0.602. The number of aromatic nitrogens is 1. The molecule has 5 heteroatoms. The average molecular weight is 252 g/mol. The molecule has 1 aliphatic heterocycles. The van der Waals surface area contributed by atoms with E-state index in [1.807, 2.05) is 13.8 Å². The molecular formula is C13H17FN2O2. The van der Waals surface area contributed by atoms with Gasteiger partial charge in [-0.25, -0.2) is 4.39 Å². The van der Waals surface area contributed by atoms with Crippen molar-refractivity contribution in [3.63, 3.8) is 0 Å². The third-order valence-corrected chi connectivity index (χ3v) is 3.32. The van der Waals surface area contributed by atoms with E-state index in [4.69, 9.17) is 4.74 Å². The highest BCUT2D eigenvalue weighted by Crippen LogP contribution is 2.21. The highest BCUT2D eigenvalue weighted by molar-refractivity contribution is 6.02. The molecule has 0 bridgehead atoms. The van der Waals surface area contributed by atoms with Gasteiger partial charge in [0.1, 0.15) is 5.82 Å². The Morgan fingerprint density at radius 3 is 2.67 bits per heavy atom. The largest absolute Gasteiger partial charge is 0.379 e. The molecule has 1 saturated heterocycles. The van der Waals surface area contributed by atoms with Crippen molar-refractivity contribution in [3.8, 4) is 0 Å². The molecule has 1 aromatic heterocycles. The minimum absolute atomic E-state index is 0.114. The van der Waals surface area contributed by atoms with Crippen LogP contribution >= 0.6 is 0 Å². The van der Waals surface area contributed by atoms with Gasteiger partial charge in [-0.05, 0) is 19.9 Å². The molecule has 1 aliphatic rings. The molecule has 0 atom stereocenters. The highest BCUT2D eigenvalue weighted by atomic mass is 19.1. The zero-order valence-corrected chi connectivity index (χ0v) is 10.6. The van der Waals surface area contributed by atoms with Crippen LogP contribution in [0.15, 0.2) is 18.5 Å². The van der Waals surface area contributed by atoms with Gasteiger partial charge in [-0.2, -0.15) is 0 Å². The number of Topliss-reactive ketones (excluding diaryl/α,β-unsaturated/α-hetero) is 1. The predicted octanol–water partition coefficient (Wildman–Crippen LogP) is 1.51. The van der Waals surface area contributed by atoms with Crippen molar-refractivity contribution in [2.75, 3.05) is 26.3 Å². The van der Waals surface area contributed by atoms with Crippen LogP contribution in [0.5, 0.6) is 0 Å². The molecule has 98 valence electrons. The maximum absolute atomic E-state index is 13.1. The summed E-state index contributed by atoms with van der Waals surface area (Å²) in [6, 6.07) is 1.23. The number of morpholine rings is 1. The van der Waals surface area contributed by atoms with E-state index in [2.05, 4.69) is 9.88 Å². The van der Waals surface area contributed by atoms with Gasteiger partial charge in [-0.15, -0.1) is 0 Å². The lowest BCUT2D eigenvalue weighted by Gasteiger charge is -2.39. The van der Waals surface area contributed by atoms with Gasteiger partial charge in [0, 0.05) is 24.8 Å². The second-order valence-corrected chi connectivity index (χ2v) is 4.88. The van der Waals surface area contributed by atoms with E-state index >= 15 is 0 Å². The second-order valence-electron chi connectivity index (χ2n) is 4.88. The van der Waals surface area contributed by atoms with Gasteiger partial charge < -0.3 is 4.74 Å². The Morgan fingerprint density at radius 2 is 2.06 bits per heavy atom. The smallest absolute Gasteiger partial charge is 0.184 e. The van der Waals surface area contributed by atoms with Gasteiger partial charge in [0.05, 0.1) is 24.9 Å². The van der Waals surface area contributed by atoms with Crippen molar-refractivity contribution in [2.45, 2.75) is 19.4 Å². The van der Waals surface area contributed by atoms with Crippen molar-refractivity contribution in [3.05, 3.63) is 29.8 Å². The molecule has 0 N–H and O–H groups in total. The quantitative estimate of drug-likeness (QED) is 0.765. The monoisotopic (exact) mass is 252 g/mol. The summed E-state index contributed by atoms with van der Waals surface area (Å²) < 4.78 is 18.4. The number of hydrogen-bond acceptors (Lipinski definition) is 4. The van der Waals surface area contributed by atoms with Gasteiger partial charge in [0.2, 0.25) is 0 Å². The molecule has 1 aromatic rings. The van der Waals surface area contributed by atoms with E-state index in [-0.39, 0.29) is 5.78 Å². The normalized spacial score (nSPS) is 17.7. The minimum atomic E-state index is -0.667. The Labute approximate surface area is 106 Å². The number of pyridine rings is 1. The number of rotatable bonds is 3. The average Bonchev–Trinajstić information content (AvgIpc) is 2.39. The van der Waals surface area contributed by atoms with Crippen molar-refractivity contribution < 1.29 is 13.9 Å². The molecule has 0 amide bonds. The Kier molecular flexibility index (Phi) is 3.73. The SMILES string of the molecule is CC(C)(C(=O)c1cncc(F)c1)N1CCOCC1. The standard InChI is InChI=1S/C13H17FN2O2/c1-13(2,16-3-5-18-6-4-16)12(17)10-7-11(14)9-15-8-10/h7-9H,3-6H2,1-2H3. The van der Waals surface area contributed by atoms with Gasteiger partial charge in [0.25, 0.3) is 0 Å². The van der Waals surface area contributed by atoms with Gasteiger partial charge in [-0.1, -0.05) is 0 Å². The summed E-state index contributed by atoms with van der Waals surface area (Å²) in [5, 5.41) is 0. The van der Waals surface area contributed by atoms with Crippen molar-refractivity contribution in [1.82, 2.24) is 9.88 Å². The molecule has 1 fully saturated rings. The maximum atomic E-state index is 13.1. The van der Waals surface area contributed by atoms with Crippen LogP contribution < -0.4 is 0 Å². The summed E-state index contributed by atoms with van der Waals surface area (Å²) in [7, 11) is 0. The van der Waals surface area contributed by atoms with E-state index in [9.17, 15) is 9.18 Å². The van der Waals surface area contributed by atoms with Gasteiger partial charge in [0.15, 0.2) is 5.78 Å². The lowest BCUT2D eigenvalue weighted by atomic mass is 9.91. The summed E-state index contributed by atoms with van der Waals surface area (Å²) >= 11 is 0. The highest BCUT2D eigenvalue weighted by Gasteiger charge is 2.36. The third kappa shape index (κ3) is 2.57. The van der Waals surface area contributed by atoms with Crippen LogP contribution in [0.4, 0.5) is 4.39 Å².